The summed E-state index contributed by atoms with van der Waals surface area (Å²) in [6.45, 7) is 8.53. The Bertz CT molecular complexity index is 178. The molecule has 0 aromatic heterocycles. The summed E-state index contributed by atoms with van der Waals surface area (Å²) < 4.78 is 0. The minimum atomic E-state index is 0.859. The van der Waals surface area contributed by atoms with Gasteiger partial charge in [0.05, 0.1) is 0 Å². The fourth-order valence-electron chi connectivity index (χ4n) is 2.82. The van der Waals surface area contributed by atoms with Gasteiger partial charge in [-0.05, 0) is 44.4 Å². The smallest absolute Gasteiger partial charge is 0.00961 e. The number of rotatable bonds is 3. The quantitative estimate of drug-likeness (QED) is 0.647. The second-order valence-corrected chi connectivity index (χ2v) is 5.16. The molecule has 76 valence electrons. The van der Waals surface area contributed by atoms with Crippen molar-refractivity contribution in [3.8, 4) is 0 Å². The lowest BCUT2D eigenvalue weighted by atomic mass is 10.1. The van der Waals surface area contributed by atoms with Gasteiger partial charge < -0.3 is 0 Å². The van der Waals surface area contributed by atoms with E-state index in [1.807, 2.05) is 0 Å². The van der Waals surface area contributed by atoms with Gasteiger partial charge in [0.15, 0.2) is 0 Å². The van der Waals surface area contributed by atoms with Crippen molar-refractivity contribution in [2.45, 2.75) is 58.5 Å². The maximum absolute atomic E-state index is 2.77. The molecule has 4 atom stereocenters. The molecule has 0 N–H and O–H groups in total. The maximum atomic E-state index is 2.77. The summed E-state index contributed by atoms with van der Waals surface area (Å²) in [6.07, 6.45) is 5.71. The zero-order valence-corrected chi connectivity index (χ0v) is 9.29. The van der Waals surface area contributed by atoms with Crippen LogP contribution < -0.4 is 0 Å². The van der Waals surface area contributed by atoms with E-state index in [2.05, 4.69) is 25.7 Å². The van der Waals surface area contributed by atoms with Crippen molar-refractivity contribution in [1.82, 2.24) is 4.90 Å². The first-order valence-electron chi connectivity index (χ1n) is 5.98. The summed E-state index contributed by atoms with van der Waals surface area (Å²) in [5, 5.41) is 0. The lowest BCUT2D eigenvalue weighted by Gasteiger charge is -2.27. The molecule has 0 radical (unpaired) electrons. The minimum Gasteiger partial charge on any atom is -0.297 e. The molecule has 1 saturated heterocycles. The van der Waals surface area contributed by atoms with Crippen molar-refractivity contribution in [1.29, 1.82) is 0 Å². The molecule has 2 fully saturated rings. The van der Waals surface area contributed by atoms with E-state index in [4.69, 9.17) is 0 Å². The molecule has 2 aliphatic rings. The average Bonchev–Trinajstić information content (AvgIpc) is 2.68. The summed E-state index contributed by atoms with van der Waals surface area (Å²) in [6, 6.07) is 1.76. The third kappa shape index (κ3) is 1.90. The predicted octanol–water partition coefficient (Wildman–Crippen LogP) is 2.91. The van der Waals surface area contributed by atoms with Crippen LogP contribution in [0.3, 0.4) is 0 Å². The van der Waals surface area contributed by atoms with Gasteiger partial charge in [-0.2, -0.15) is 0 Å². The van der Waals surface area contributed by atoms with E-state index in [9.17, 15) is 0 Å². The SMILES string of the molecule is CCC1CCC(C)N1CC1CC1C. The zero-order valence-electron chi connectivity index (χ0n) is 9.29. The van der Waals surface area contributed by atoms with E-state index < -0.39 is 0 Å². The third-order valence-electron chi connectivity index (χ3n) is 4.15. The third-order valence-corrected chi connectivity index (χ3v) is 4.15. The van der Waals surface area contributed by atoms with Crippen molar-refractivity contribution >= 4 is 0 Å². The molecule has 1 aliphatic heterocycles. The van der Waals surface area contributed by atoms with Gasteiger partial charge in [-0.1, -0.05) is 13.8 Å². The van der Waals surface area contributed by atoms with Crippen molar-refractivity contribution in [3.05, 3.63) is 0 Å². The van der Waals surface area contributed by atoms with E-state index in [0.29, 0.717) is 0 Å². The Morgan fingerprint density at radius 1 is 1.23 bits per heavy atom. The fourth-order valence-corrected chi connectivity index (χ4v) is 2.82. The molecule has 0 amide bonds. The Hall–Kier alpha value is -0.0400. The first-order valence-corrected chi connectivity index (χ1v) is 5.98. The van der Waals surface area contributed by atoms with Crippen LogP contribution in [0, 0.1) is 11.8 Å². The summed E-state index contributed by atoms with van der Waals surface area (Å²) >= 11 is 0. The highest BCUT2D eigenvalue weighted by atomic mass is 15.2. The molecule has 2 rings (SSSR count). The van der Waals surface area contributed by atoms with Gasteiger partial charge in [-0.3, -0.25) is 4.90 Å². The fraction of sp³-hybridized carbons (Fsp3) is 1.00. The Balaban J connectivity index is 1.87. The Labute approximate surface area is 82.5 Å². The molecule has 1 heteroatoms. The van der Waals surface area contributed by atoms with Gasteiger partial charge >= 0.3 is 0 Å². The van der Waals surface area contributed by atoms with Gasteiger partial charge in [-0.15, -0.1) is 0 Å². The summed E-state index contributed by atoms with van der Waals surface area (Å²) in [4.78, 5) is 2.77. The molecule has 1 aliphatic carbocycles. The van der Waals surface area contributed by atoms with Crippen LogP contribution in [0.2, 0.25) is 0 Å². The lowest BCUT2D eigenvalue weighted by Crippen LogP contribution is -2.36. The summed E-state index contributed by atoms with van der Waals surface area (Å²) in [5.74, 6) is 2.06. The molecule has 1 nitrogen and oxygen atoms in total. The number of hydrogen-bond donors (Lipinski definition) is 0. The maximum Gasteiger partial charge on any atom is 0.00961 e. The van der Waals surface area contributed by atoms with E-state index in [-0.39, 0.29) is 0 Å². The Kier molecular flexibility index (Phi) is 2.64. The number of likely N-dealkylation sites (tertiary alicyclic amines) is 1. The second kappa shape index (κ2) is 3.61. The van der Waals surface area contributed by atoms with Gasteiger partial charge in [0.25, 0.3) is 0 Å². The van der Waals surface area contributed by atoms with E-state index in [0.717, 1.165) is 23.9 Å². The standard InChI is InChI=1S/C12H23N/c1-4-12-6-5-10(3)13(12)8-11-7-9(11)2/h9-12H,4-8H2,1-3H3. The average molecular weight is 181 g/mol. The summed E-state index contributed by atoms with van der Waals surface area (Å²) in [5.41, 5.74) is 0. The number of hydrogen-bond acceptors (Lipinski definition) is 1. The van der Waals surface area contributed by atoms with Gasteiger partial charge in [0, 0.05) is 18.6 Å². The van der Waals surface area contributed by atoms with Crippen LogP contribution in [0.5, 0.6) is 0 Å². The van der Waals surface area contributed by atoms with Crippen LogP contribution in [0.1, 0.15) is 46.5 Å². The molecule has 4 unspecified atom stereocenters. The van der Waals surface area contributed by atoms with E-state index in [1.54, 1.807) is 0 Å². The highest BCUT2D eigenvalue weighted by Crippen LogP contribution is 2.40. The molecule has 0 spiro atoms. The zero-order chi connectivity index (χ0) is 9.42. The number of nitrogens with zero attached hydrogens (tertiary/aromatic N) is 1. The minimum absolute atomic E-state index is 0.859. The van der Waals surface area contributed by atoms with Crippen molar-refractivity contribution in [2.75, 3.05) is 6.54 Å². The van der Waals surface area contributed by atoms with Gasteiger partial charge in [0.2, 0.25) is 0 Å². The molecular formula is C12H23N. The molecule has 0 aromatic rings. The monoisotopic (exact) mass is 181 g/mol. The first kappa shape index (κ1) is 9.51. The van der Waals surface area contributed by atoms with E-state index in [1.165, 1.54) is 32.2 Å². The molecular weight excluding hydrogens is 158 g/mol. The van der Waals surface area contributed by atoms with E-state index >= 15 is 0 Å². The van der Waals surface area contributed by atoms with Crippen LogP contribution in [0.25, 0.3) is 0 Å². The largest absolute Gasteiger partial charge is 0.297 e. The molecule has 0 bridgehead atoms. The normalized spacial score (nSPS) is 45.5. The van der Waals surface area contributed by atoms with Crippen LogP contribution in [0.4, 0.5) is 0 Å². The molecule has 1 saturated carbocycles. The first-order chi connectivity index (χ1) is 6.22. The molecule has 13 heavy (non-hydrogen) atoms. The van der Waals surface area contributed by atoms with Crippen LogP contribution in [0.15, 0.2) is 0 Å². The molecule has 1 heterocycles. The van der Waals surface area contributed by atoms with Crippen molar-refractivity contribution in [3.63, 3.8) is 0 Å². The topological polar surface area (TPSA) is 3.24 Å². The highest BCUT2D eigenvalue weighted by molar-refractivity contribution is 4.91. The highest BCUT2D eigenvalue weighted by Gasteiger charge is 2.38. The van der Waals surface area contributed by atoms with Crippen LogP contribution in [-0.2, 0) is 0 Å². The van der Waals surface area contributed by atoms with Crippen LogP contribution >= 0.6 is 0 Å². The second-order valence-electron chi connectivity index (χ2n) is 5.16. The Morgan fingerprint density at radius 3 is 2.46 bits per heavy atom. The van der Waals surface area contributed by atoms with Crippen molar-refractivity contribution in [2.24, 2.45) is 11.8 Å². The molecule has 0 aromatic carbocycles. The van der Waals surface area contributed by atoms with Crippen molar-refractivity contribution < 1.29 is 0 Å². The van der Waals surface area contributed by atoms with Crippen LogP contribution in [-0.4, -0.2) is 23.5 Å². The van der Waals surface area contributed by atoms with Gasteiger partial charge in [0.1, 0.15) is 0 Å². The predicted molar refractivity (Wildman–Crippen MR) is 56.8 cm³/mol. The van der Waals surface area contributed by atoms with Gasteiger partial charge in [-0.25, -0.2) is 0 Å². The summed E-state index contributed by atoms with van der Waals surface area (Å²) in [7, 11) is 0. The Morgan fingerprint density at radius 2 is 1.92 bits per heavy atom. The lowest BCUT2D eigenvalue weighted by molar-refractivity contribution is 0.187.